The number of aromatic nitrogens is 1. The van der Waals surface area contributed by atoms with Gasteiger partial charge < -0.3 is 9.64 Å². The number of allylic oxidation sites excluding steroid dienone is 2. The normalized spacial score (nSPS) is 31.7. The number of likely N-dealkylation sites (tertiary alicyclic amines) is 1. The molecule has 3 fully saturated rings. The van der Waals surface area contributed by atoms with E-state index in [4.69, 9.17) is 4.74 Å². The van der Waals surface area contributed by atoms with Gasteiger partial charge in [0, 0.05) is 38.9 Å². The van der Waals surface area contributed by atoms with Crippen molar-refractivity contribution in [2.75, 3.05) is 44.2 Å². The molecule has 0 N–H and O–H groups in total. The molecule has 2 bridgehead atoms. The molecule has 3 saturated heterocycles. The highest BCUT2D eigenvalue weighted by Crippen LogP contribution is 2.55. The molecule has 0 spiro atoms. The Labute approximate surface area is 195 Å². The average Bonchev–Trinajstić information content (AvgIpc) is 3.46. The van der Waals surface area contributed by atoms with E-state index in [2.05, 4.69) is 34.7 Å². The molecule has 7 heteroatoms. The van der Waals surface area contributed by atoms with Crippen LogP contribution >= 0.6 is 0 Å². The number of anilines is 1. The van der Waals surface area contributed by atoms with Crippen LogP contribution in [0.25, 0.3) is 0 Å². The molecule has 4 atom stereocenters. The van der Waals surface area contributed by atoms with Gasteiger partial charge in [-0.25, -0.2) is 4.98 Å². The molecule has 1 aliphatic carbocycles. The lowest BCUT2D eigenvalue weighted by atomic mass is 9.71. The minimum absolute atomic E-state index is 0.00653. The standard InChI is InChI=1S/C26H32N4O3/c1-16-14-18-19(15-17(16)2)24-22-21(23(18)33-24)25(31)30(26(22)32)9-5-8-28-10-12-29(13-11-28)20-6-3-4-7-27-20/h3-4,6-7,21-24H,5,8-15H2,1-2H3. The summed E-state index contributed by atoms with van der Waals surface area (Å²) in [6, 6.07) is 6.02. The summed E-state index contributed by atoms with van der Waals surface area (Å²) in [6.45, 7) is 9.63. The van der Waals surface area contributed by atoms with Crippen molar-refractivity contribution >= 4 is 17.6 Å². The summed E-state index contributed by atoms with van der Waals surface area (Å²) in [5.41, 5.74) is 5.35. The van der Waals surface area contributed by atoms with E-state index in [1.807, 2.05) is 18.3 Å². The minimum Gasteiger partial charge on any atom is -0.365 e. The van der Waals surface area contributed by atoms with Gasteiger partial charge in [-0.05, 0) is 62.9 Å². The van der Waals surface area contributed by atoms with E-state index in [9.17, 15) is 9.59 Å². The molecule has 4 aliphatic heterocycles. The number of rotatable bonds is 5. The Bertz CT molecular complexity index is 993. The number of carbonyl (C=O) groups is 2. The van der Waals surface area contributed by atoms with Crippen molar-refractivity contribution < 1.29 is 14.3 Å². The van der Waals surface area contributed by atoms with Crippen molar-refractivity contribution in [2.45, 2.75) is 45.3 Å². The summed E-state index contributed by atoms with van der Waals surface area (Å²) >= 11 is 0. The number of piperazine rings is 1. The zero-order valence-electron chi connectivity index (χ0n) is 19.5. The van der Waals surface area contributed by atoms with E-state index in [0.29, 0.717) is 6.54 Å². The van der Waals surface area contributed by atoms with E-state index in [-0.39, 0.29) is 35.9 Å². The molecule has 5 heterocycles. The van der Waals surface area contributed by atoms with Gasteiger partial charge in [0.15, 0.2) is 0 Å². The van der Waals surface area contributed by atoms with Crippen LogP contribution in [-0.2, 0) is 14.3 Å². The van der Waals surface area contributed by atoms with Gasteiger partial charge >= 0.3 is 0 Å². The first-order chi connectivity index (χ1) is 16.0. The van der Waals surface area contributed by atoms with Gasteiger partial charge in [0.05, 0.1) is 24.0 Å². The number of nitrogens with zero attached hydrogens (tertiary/aromatic N) is 4. The van der Waals surface area contributed by atoms with E-state index >= 15 is 0 Å². The van der Waals surface area contributed by atoms with Gasteiger partial charge in [-0.2, -0.15) is 0 Å². The van der Waals surface area contributed by atoms with Gasteiger partial charge in [-0.3, -0.25) is 19.4 Å². The molecule has 4 unspecified atom stereocenters. The topological polar surface area (TPSA) is 66.0 Å². The van der Waals surface area contributed by atoms with Crippen molar-refractivity contribution in [1.29, 1.82) is 0 Å². The first-order valence-electron chi connectivity index (χ1n) is 12.3. The molecular formula is C26H32N4O3. The maximum absolute atomic E-state index is 13.3. The molecule has 0 radical (unpaired) electrons. The summed E-state index contributed by atoms with van der Waals surface area (Å²) in [5, 5.41) is 0. The number of imide groups is 1. The molecular weight excluding hydrogens is 416 g/mol. The summed E-state index contributed by atoms with van der Waals surface area (Å²) in [6.07, 6.45) is 4.10. The van der Waals surface area contributed by atoms with E-state index in [1.54, 1.807) is 4.90 Å². The van der Waals surface area contributed by atoms with Crippen molar-refractivity contribution in [3.05, 3.63) is 46.7 Å². The molecule has 7 nitrogen and oxygen atoms in total. The zero-order chi connectivity index (χ0) is 22.7. The third-order valence-electron chi connectivity index (χ3n) is 8.38. The Morgan fingerprint density at radius 3 is 2.12 bits per heavy atom. The average molecular weight is 449 g/mol. The van der Waals surface area contributed by atoms with Crippen LogP contribution in [0.5, 0.6) is 0 Å². The van der Waals surface area contributed by atoms with Crippen LogP contribution in [0.1, 0.15) is 33.1 Å². The highest BCUT2D eigenvalue weighted by Gasteiger charge is 2.64. The Balaban J connectivity index is 1.04. The molecule has 1 aromatic heterocycles. The first-order valence-corrected chi connectivity index (χ1v) is 12.3. The summed E-state index contributed by atoms with van der Waals surface area (Å²) in [4.78, 5) is 37.2. The van der Waals surface area contributed by atoms with E-state index in [1.165, 1.54) is 22.3 Å². The molecule has 2 amide bonds. The number of hydrogen-bond donors (Lipinski definition) is 0. The van der Waals surface area contributed by atoms with Crippen LogP contribution in [0.4, 0.5) is 5.82 Å². The van der Waals surface area contributed by atoms with Crippen molar-refractivity contribution in [2.24, 2.45) is 11.8 Å². The quantitative estimate of drug-likeness (QED) is 0.509. The molecule has 174 valence electrons. The van der Waals surface area contributed by atoms with Crippen molar-refractivity contribution in [3.63, 3.8) is 0 Å². The van der Waals surface area contributed by atoms with Crippen LogP contribution in [-0.4, -0.2) is 78.1 Å². The number of pyridine rings is 1. The largest absolute Gasteiger partial charge is 0.365 e. The molecule has 6 rings (SSSR count). The second kappa shape index (κ2) is 8.06. The lowest BCUT2D eigenvalue weighted by Crippen LogP contribution is -2.47. The lowest BCUT2D eigenvalue weighted by Gasteiger charge is -2.35. The van der Waals surface area contributed by atoms with E-state index < -0.39 is 0 Å². The van der Waals surface area contributed by atoms with Gasteiger partial charge in [0.1, 0.15) is 5.82 Å². The Kier molecular flexibility index (Phi) is 5.14. The van der Waals surface area contributed by atoms with Crippen LogP contribution in [0.3, 0.4) is 0 Å². The lowest BCUT2D eigenvalue weighted by molar-refractivity contribution is -0.142. The molecule has 1 aromatic rings. The van der Waals surface area contributed by atoms with Crippen LogP contribution in [0.15, 0.2) is 46.7 Å². The van der Waals surface area contributed by atoms with Gasteiger partial charge in [0.25, 0.3) is 0 Å². The monoisotopic (exact) mass is 448 g/mol. The fraction of sp³-hybridized carbons (Fsp3) is 0.577. The Hall–Kier alpha value is -2.51. The Morgan fingerprint density at radius 1 is 0.909 bits per heavy atom. The second-order valence-corrected chi connectivity index (χ2v) is 10.2. The summed E-state index contributed by atoms with van der Waals surface area (Å²) in [5.74, 6) is 0.426. The van der Waals surface area contributed by atoms with E-state index in [0.717, 1.165) is 57.8 Å². The maximum atomic E-state index is 13.3. The maximum Gasteiger partial charge on any atom is 0.236 e. The van der Waals surface area contributed by atoms with Gasteiger partial charge in [-0.1, -0.05) is 17.2 Å². The molecule has 5 aliphatic rings. The third kappa shape index (κ3) is 3.36. The van der Waals surface area contributed by atoms with Crippen molar-refractivity contribution in [1.82, 2.24) is 14.8 Å². The molecule has 0 aromatic carbocycles. The number of ether oxygens (including phenoxy) is 1. The van der Waals surface area contributed by atoms with Gasteiger partial charge in [0.2, 0.25) is 11.8 Å². The second-order valence-electron chi connectivity index (χ2n) is 10.2. The highest BCUT2D eigenvalue weighted by atomic mass is 16.5. The smallest absolute Gasteiger partial charge is 0.236 e. The molecule has 0 saturated carbocycles. The number of hydrogen-bond acceptors (Lipinski definition) is 6. The van der Waals surface area contributed by atoms with Crippen LogP contribution < -0.4 is 4.90 Å². The number of fused-ring (bicyclic) bond motifs is 7. The summed E-state index contributed by atoms with van der Waals surface area (Å²) in [7, 11) is 0. The van der Waals surface area contributed by atoms with Gasteiger partial charge in [-0.15, -0.1) is 0 Å². The zero-order valence-corrected chi connectivity index (χ0v) is 19.5. The van der Waals surface area contributed by atoms with Crippen LogP contribution in [0.2, 0.25) is 0 Å². The summed E-state index contributed by atoms with van der Waals surface area (Å²) < 4.78 is 6.23. The first kappa shape index (κ1) is 21.1. The van der Waals surface area contributed by atoms with Crippen molar-refractivity contribution in [3.8, 4) is 0 Å². The predicted molar refractivity (Wildman–Crippen MR) is 125 cm³/mol. The fourth-order valence-electron chi connectivity index (χ4n) is 6.42. The Morgan fingerprint density at radius 2 is 1.55 bits per heavy atom. The highest BCUT2D eigenvalue weighted by molar-refractivity contribution is 6.07. The number of amides is 2. The SMILES string of the molecule is CC1=C(C)CC2=C(C1)C1OC2C2C(=O)N(CCCN3CCN(c4ccccn4)CC3)C(=O)C12. The minimum atomic E-state index is -0.297. The fourth-order valence-corrected chi connectivity index (χ4v) is 6.42. The van der Waals surface area contributed by atoms with Crippen LogP contribution in [0, 0.1) is 11.8 Å². The predicted octanol–water partition coefficient (Wildman–Crippen LogP) is 2.40. The third-order valence-corrected chi connectivity index (χ3v) is 8.38. The molecule has 33 heavy (non-hydrogen) atoms. The number of carbonyl (C=O) groups excluding carboxylic acids is 2.